The zero-order valence-electron chi connectivity index (χ0n) is 9.77. The summed E-state index contributed by atoms with van der Waals surface area (Å²) in [6, 6.07) is 14.4. The maximum absolute atomic E-state index is 9.27. The SMILES string of the molecule is N=C(Cl)c1ccccc1/C(=N\O)c1ccc(Br)cc1. The molecule has 0 aromatic heterocycles. The van der Waals surface area contributed by atoms with Gasteiger partial charge < -0.3 is 5.21 Å². The van der Waals surface area contributed by atoms with E-state index in [4.69, 9.17) is 17.0 Å². The summed E-state index contributed by atoms with van der Waals surface area (Å²) < 4.78 is 0.937. The van der Waals surface area contributed by atoms with Gasteiger partial charge in [-0.2, -0.15) is 0 Å². The van der Waals surface area contributed by atoms with Crippen molar-refractivity contribution >= 4 is 38.4 Å². The molecule has 0 atom stereocenters. The Hall–Kier alpha value is -1.65. The summed E-state index contributed by atoms with van der Waals surface area (Å²) in [5, 5.41) is 20.1. The molecule has 96 valence electrons. The van der Waals surface area contributed by atoms with E-state index in [9.17, 15) is 5.21 Å². The van der Waals surface area contributed by atoms with Crippen molar-refractivity contribution in [2.24, 2.45) is 5.16 Å². The Bertz CT molecular complexity index is 638. The minimum absolute atomic E-state index is 0.0890. The summed E-state index contributed by atoms with van der Waals surface area (Å²) in [6.07, 6.45) is 0. The van der Waals surface area contributed by atoms with Crippen LogP contribution < -0.4 is 0 Å². The van der Waals surface area contributed by atoms with Crippen molar-refractivity contribution < 1.29 is 5.21 Å². The lowest BCUT2D eigenvalue weighted by atomic mass is 9.98. The minimum atomic E-state index is -0.0890. The molecule has 2 aromatic carbocycles. The molecule has 2 rings (SSSR count). The largest absolute Gasteiger partial charge is 0.410 e. The van der Waals surface area contributed by atoms with Crippen LogP contribution in [0.5, 0.6) is 0 Å². The third-order valence-electron chi connectivity index (χ3n) is 2.64. The van der Waals surface area contributed by atoms with E-state index in [1.165, 1.54) is 0 Å². The fourth-order valence-electron chi connectivity index (χ4n) is 1.76. The molecule has 2 aromatic rings. The molecule has 0 fully saturated rings. The smallest absolute Gasteiger partial charge is 0.128 e. The van der Waals surface area contributed by atoms with E-state index in [0.717, 1.165) is 10.0 Å². The second-order valence-electron chi connectivity index (χ2n) is 3.82. The first-order valence-electron chi connectivity index (χ1n) is 5.45. The van der Waals surface area contributed by atoms with Crippen molar-refractivity contribution in [2.75, 3.05) is 0 Å². The summed E-state index contributed by atoms with van der Waals surface area (Å²) in [5.41, 5.74) is 2.27. The van der Waals surface area contributed by atoms with Crippen LogP contribution in [0.25, 0.3) is 0 Å². The number of nitrogens with one attached hydrogen (secondary N) is 1. The van der Waals surface area contributed by atoms with Gasteiger partial charge in [-0.15, -0.1) is 0 Å². The number of rotatable bonds is 3. The Morgan fingerprint density at radius 2 is 1.63 bits per heavy atom. The van der Waals surface area contributed by atoms with Gasteiger partial charge in [0.2, 0.25) is 0 Å². The summed E-state index contributed by atoms with van der Waals surface area (Å²) in [4.78, 5) is 0. The van der Waals surface area contributed by atoms with Gasteiger partial charge in [0.1, 0.15) is 10.9 Å². The fourth-order valence-corrected chi connectivity index (χ4v) is 2.19. The van der Waals surface area contributed by atoms with Gasteiger partial charge in [0.15, 0.2) is 0 Å². The predicted molar refractivity (Wildman–Crippen MR) is 80.7 cm³/mol. The normalized spacial score (nSPS) is 11.4. The Balaban J connectivity index is 2.55. The number of hydrogen-bond acceptors (Lipinski definition) is 3. The predicted octanol–water partition coefficient (Wildman–Crippen LogP) is 4.24. The lowest BCUT2D eigenvalue weighted by Gasteiger charge is -2.09. The second kappa shape index (κ2) is 5.99. The quantitative estimate of drug-likeness (QED) is 0.491. The zero-order chi connectivity index (χ0) is 13.8. The molecule has 19 heavy (non-hydrogen) atoms. The van der Waals surface area contributed by atoms with E-state index in [0.29, 0.717) is 16.8 Å². The highest BCUT2D eigenvalue weighted by atomic mass is 79.9. The van der Waals surface area contributed by atoms with E-state index < -0.39 is 0 Å². The first-order chi connectivity index (χ1) is 9.13. The van der Waals surface area contributed by atoms with E-state index >= 15 is 0 Å². The van der Waals surface area contributed by atoms with Gasteiger partial charge >= 0.3 is 0 Å². The molecule has 0 heterocycles. The standard InChI is InChI=1S/C14H10BrClN2O/c15-10-7-5-9(6-8-10)13(18-19)11-3-1-2-4-12(11)14(16)17/h1-8,17,19H/b17-14?,18-13-. The average molecular weight is 338 g/mol. The van der Waals surface area contributed by atoms with Gasteiger partial charge in [-0.05, 0) is 12.1 Å². The van der Waals surface area contributed by atoms with Crippen LogP contribution in [0.3, 0.4) is 0 Å². The van der Waals surface area contributed by atoms with Crippen molar-refractivity contribution in [2.45, 2.75) is 0 Å². The Labute approximate surface area is 124 Å². The van der Waals surface area contributed by atoms with E-state index in [1.54, 1.807) is 18.2 Å². The van der Waals surface area contributed by atoms with Crippen molar-refractivity contribution in [1.82, 2.24) is 0 Å². The topological polar surface area (TPSA) is 56.4 Å². The maximum atomic E-state index is 9.27. The Kier molecular flexibility index (Phi) is 4.35. The summed E-state index contributed by atoms with van der Waals surface area (Å²) >= 11 is 9.11. The number of halogens is 2. The number of hydrogen-bond donors (Lipinski definition) is 2. The van der Waals surface area contributed by atoms with Crippen LogP contribution in [0.2, 0.25) is 0 Å². The highest BCUT2D eigenvalue weighted by Gasteiger charge is 2.13. The zero-order valence-corrected chi connectivity index (χ0v) is 12.1. The van der Waals surface area contributed by atoms with Gasteiger partial charge in [-0.1, -0.05) is 69.1 Å². The number of nitrogens with zero attached hydrogens (tertiary/aromatic N) is 1. The molecule has 0 aliphatic carbocycles. The second-order valence-corrected chi connectivity index (χ2v) is 5.11. The molecule has 0 bridgehead atoms. The number of oxime groups is 1. The first kappa shape index (κ1) is 13.8. The summed E-state index contributed by atoms with van der Waals surface area (Å²) in [6.45, 7) is 0. The average Bonchev–Trinajstić information content (AvgIpc) is 2.42. The molecule has 0 amide bonds. The van der Waals surface area contributed by atoms with Crippen LogP contribution >= 0.6 is 27.5 Å². The number of benzene rings is 2. The maximum Gasteiger partial charge on any atom is 0.128 e. The van der Waals surface area contributed by atoms with Gasteiger partial charge in [-0.25, -0.2) is 0 Å². The molecule has 0 aliphatic rings. The van der Waals surface area contributed by atoms with Crippen LogP contribution in [0.15, 0.2) is 58.2 Å². The molecular formula is C14H10BrClN2O. The summed E-state index contributed by atoms with van der Waals surface area (Å²) in [7, 11) is 0. The van der Waals surface area contributed by atoms with Crippen LogP contribution in [0.4, 0.5) is 0 Å². The lowest BCUT2D eigenvalue weighted by molar-refractivity contribution is 0.319. The van der Waals surface area contributed by atoms with Crippen LogP contribution in [0, 0.1) is 5.41 Å². The van der Waals surface area contributed by atoms with Crippen LogP contribution in [-0.2, 0) is 0 Å². The van der Waals surface area contributed by atoms with Gasteiger partial charge in [-0.3, -0.25) is 5.41 Å². The summed E-state index contributed by atoms with van der Waals surface area (Å²) in [5.74, 6) is 0. The fraction of sp³-hybridized carbons (Fsp3) is 0. The van der Waals surface area contributed by atoms with Gasteiger partial charge in [0.25, 0.3) is 0 Å². The highest BCUT2D eigenvalue weighted by Crippen LogP contribution is 2.19. The molecule has 0 spiro atoms. The van der Waals surface area contributed by atoms with Crippen molar-refractivity contribution in [1.29, 1.82) is 5.41 Å². The molecule has 0 saturated carbocycles. The molecule has 0 unspecified atom stereocenters. The van der Waals surface area contributed by atoms with Crippen LogP contribution in [0.1, 0.15) is 16.7 Å². The highest BCUT2D eigenvalue weighted by molar-refractivity contribution is 9.10. The molecule has 0 aliphatic heterocycles. The van der Waals surface area contributed by atoms with E-state index in [1.807, 2.05) is 30.3 Å². The Morgan fingerprint density at radius 1 is 1.05 bits per heavy atom. The molecule has 0 saturated heterocycles. The van der Waals surface area contributed by atoms with E-state index in [-0.39, 0.29) is 5.17 Å². The molecule has 5 heteroatoms. The van der Waals surface area contributed by atoms with Gasteiger partial charge in [0.05, 0.1) is 0 Å². The van der Waals surface area contributed by atoms with Gasteiger partial charge in [0, 0.05) is 21.2 Å². The molecule has 0 radical (unpaired) electrons. The minimum Gasteiger partial charge on any atom is -0.410 e. The molecule has 2 N–H and O–H groups in total. The Morgan fingerprint density at radius 3 is 2.16 bits per heavy atom. The lowest BCUT2D eigenvalue weighted by Crippen LogP contribution is -2.08. The van der Waals surface area contributed by atoms with Crippen molar-refractivity contribution in [3.63, 3.8) is 0 Å². The molecular weight excluding hydrogens is 328 g/mol. The van der Waals surface area contributed by atoms with Crippen molar-refractivity contribution in [3.8, 4) is 0 Å². The van der Waals surface area contributed by atoms with Crippen molar-refractivity contribution in [3.05, 3.63) is 69.7 Å². The van der Waals surface area contributed by atoms with E-state index in [2.05, 4.69) is 21.1 Å². The van der Waals surface area contributed by atoms with Crippen LogP contribution in [-0.4, -0.2) is 16.1 Å². The third kappa shape index (κ3) is 3.03. The molecule has 3 nitrogen and oxygen atoms in total. The monoisotopic (exact) mass is 336 g/mol. The third-order valence-corrected chi connectivity index (χ3v) is 3.37. The first-order valence-corrected chi connectivity index (χ1v) is 6.62.